The molecular formula is C12H22N4O. The van der Waals surface area contributed by atoms with Crippen LogP contribution in [0, 0.1) is 12.8 Å². The number of aliphatic hydroxyl groups excluding tert-OH is 1. The SMILES string of the molecule is CCc1nc(N)c(C)c(NC(C)C(C)CO)n1. The van der Waals surface area contributed by atoms with E-state index in [0.717, 1.165) is 23.6 Å². The number of nitrogens with zero attached hydrogens (tertiary/aromatic N) is 2. The maximum Gasteiger partial charge on any atom is 0.134 e. The fourth-order valence-corrected chi connectivity index (χ4v) is 1.40. The van der Waals surface area contributed by atoms with Crippen molar-refractivity contribution in [1.82, 2.24) is 9.97 Å². The molecule has 0 amide bonds. The van der Waals surface area contributed by atoms with Gasteiger partial charge in [-0.2, -0.15) is 0 Å². The van der Waals surface area contributed by atoms with Crippen molar-refractivity contribution in [3.63, 3.8) is 0 Å². The average Bonchev–Trinajstić information content (AvgIpc) is 2.33. The molecule has 0 bridgehead atoms. The Balaban J connectivity index is 2.93. The maximum absolute atomic E-state index is 9.11. The number of rotatable bonds is 5. The molecule has 0 aliphatic carbocycles. The quantitative estimate of drug-likeness (QED) is 0.721. The molecule has 96 valence electrons. The zero-order valence-corrected chi connectivity index (χ0v) is 11.0. The van der Waals surface area contributed by atoms with Gasteiger partial charge >= 0.3 is 0 Å². The third-order valence-electron chi connectivity index (χ3n) is 3.05. The summed E-state index contributed by atoms with van der Waals surface area (Å²) in [6.07, 6.45) is 0.753. The van der Waals surface area contributed by atoms with Gasteiger partial charge in [0, 0.05) is 24.6 Å². The summed E-state index contributed by atoms with van der Waals surface area (Å²) in [6, 6.07) is 0.137. The predicted octanol–water partition coefficient (Wildman–Crippen LogP) is 1.36. The number of hydrogen-bond donors (Lipinski definition) is 3. The van der Waals surface area contributed by atoms with Crippen molar-refractivity contribution in [3.8, 4) is 0 Å². The molecule has 0 saturated heterocycles. The van der Waals surface area contributed by atoms with Crippen LogP contribution in [0.1, 0.15) is 32.2 Å². The first-order valence-corrected chi connectivity index (χ1v) is 5.99. The van der Waals surface area contributed by atoms with Gasteiger partial charge in [0.25, 0.3) is 0 Å². The van der Waals surface area contributed by atoms with Crippen molar-refractivity contribution in [2.75, 3.05) is 17.7 Å². The average molecular weight is 238 g/mol. The maximum atomic E-state index is 9.11. The zero-order chi connectivity index (χ0) is 13.0. The minimum absolute atomic E-state index is 0.137. The summed E-state index contributed by atoms with van der Waals surface area (Å²) in [7, 11) is 0. The number of nitrogen functional groups attached to an aromatic ring is 1. The highest BCUT2D eigenvalue weighted by Gasteiger charge is 2.14. The molecule has 4 N–H and O–H groups in total. The van der Waals surface area contributed by atoms with Gasteiger partial charge in [-0.25, -0.2) is 9.97 Å². The van der Waals surface area contributed by atoms with E-state index in [4.69, 9.17) is 10.8 Å². The Hall–Kier alpha value is -1.36. The van der Waals surface area contributed by atoms with Gasteiger partial charge in [0.05, 0.1) is 0 Å². The fourth-order valence-electron chi connectivity index (χ4n) is 1.40. The summed E-state index contributed by atoms with van der Waals surface area (Å²) in [5.41, 5.74) is 6.70. The van der Waals surface area contributed by atoms with Crippen molar-refractivity contribution >= 4 is 11.6 Å². The molecule has 0 aliphatic rings. The van der Waals surface area contributed by atoms with E-state index < -0.39 is 0 Å². The third kappa shape index (κ3) is 3.30. The number of hydrogen-bond acceptors (Lipinski definition) is 5. The molecule has 5 nitrogen and oxygen atoms in total. The molecule has 0 radical (unpaired) electrons. The second-order valence-electron chi connectivity index (χ2n) is 4.45. The minimum atomic E-state index is 0.137. The Morgan fingerprint density at radius 2 is 2.00 bits per heavy atom. The van der Waals surface area contributed by atoms with Crippen LogP contribution in [0.2, 0.25) is 0 Å². The lowest BCUT2D eigenvalue weighted by Crippen LogP contribution is -2.27. The van der Waals surface area contributed by atoms with Gasteiger partial charge in [0.1, 0.15) is 17.5 Å². The molecule has 0 saturated carbocycles. The summed E-state index contributed by atoms with van der Waals surface area (Å²) in [6.45, 7) is 8.04. The molecular weight excluding hydrogens is 216 g/mol. The van der Waals surface area contributed by atoms with Crippen LogP contribution in [-0.4, -0.2) is 27.7 Å². The van der Waals surface area contributed by atoms with Crippen LogP contribution in [-0.2, 0) is 6.42 Å². The van der Waals surface area contributed by atoms with Crippen molar-refractivity contribution in [3.05, 3.63) is 11.4 Å². The Kier molecular flexibility index (Phi) is 4.69. The first-order chi connectivity index (χ1) is 7.99. The number of aryl methyl sites for hydroxylation is 1. The van der Waals surface area contributed by atoms with Crippen LogP contribution in [0.5, 0.6) is 0 Å². The van der Waals surface area contributed by atoms with Crippen LogP contribution in [0.3, 0.4) is 0 Å². The van der Waals surface area contributed by atoms with Gasteiger partial charge in [-0.1, -0.05) is 13.8 Å². The topological polar surface area (TPSA) is 84.1 Å². The number of aliphatic hydroxyl groups is 1. The van der Waals surface area contributed by atoms with Crippen molar-refractivity contribution in [1.29, 1.82) is 0 Å². The molecule has 2 atom stereocenters. The lowest BCUT2D eigenvalue weighted by atomic mass is 10.1. The number of nitrogens with two attached hydrogens (primary N) is 1. The highest BCUT2D eigenvalue weighted by molar-refractivity contribution is 5.55. The molecule has 1 aromatic heterocycles. The van der Waals surface area contributed by atoms with E-state index in [0.29, 0.717) is 5.82 Å². The minimum Gasteiger partial charge on any atom is -0.396 e. The zero-order valence-electron chi connectivity index (χ0n) is 11.0. The van der Waals surface area contributed by atoms with E-state index in [2.05, 4.69) is 15.3 Å². The Bertz CT molecular complexity index is 381. The van der Waals surface area contributed by atoms with Crippen LogP contribution in [0.25, 0.3) is 0 Å². The molecule has 1 aromatic rings. The molecule has 0 aromatic carbocycles. The third-order valence-corrected chi connectivity index (χ3v) is 3.05. The van der Waals surface area contributed by atoms with E-state index in [1.165, 1.54) is 0 Å². The largest absolute Gasteiger partial charge is 0.396 e. The van der Waals surface area contributed by atoms with Gasteiger partial charge in [-0.15, -0.1) is 0 Å². The van der Waals surface area contributed by atoms with E-state index in [9.17, 15) is 0 Å². The molecule has 1 rings (SSSR count). The van der Waals surface area contributed by atoms with Gasteiger partial charge < -0.3 is 16.2 Å². The standard InChI is InChI=1S/C12H22N4O/c1-5-10-15-11(13)8(3)12(16-10)14-9(4)7(2)6-17/h7,9,17H,5-6H2,1-4H3,(H3,13,14,15,16). The van der Waals surface area contributed by atoms with Crippen molar-refractivity contribution in [2.24, 2.45) is 5.92 Å². The second kappa shape index (κ2) is 5.82. The normalized spacial score (nSPS) is 14.4. The van der Waals surface area contributed by atoms with Gasteiger partial charge in [0.15, 0.2) is 0 Å². The highest BCUT2D eigenvalue weighted by atomic mass is 16.3. The number of anilines is 2. The molecule has 5 heteroatoms. The van der Waals surface area contributed by atoms with E-state index >= 15 is 0 Å². The van der Waals surface area contributed by atoms with Crippen LogP contribution < -0.4 is 11.1 Å². The number of aromatic nitrogens is 2. The number of nitrogens with one attached hydrogen (secondary N) is 1. The Labute approximate surface area is 102 Å². The van der Waals surface area contributed by atoms with Crippen LogP contribution in [0.4, 0.5) is 11.6 Å². The lowest BCUT2D eigenvalue weighted by Gasteiger charge is -2.21. The molecule has 2 unspecified atom stereocenters. The molecule has 17 heavy (non-hydrogen) atoms. The highest BCUT2D eigenvalue weighted by Crippen LogP contribution is 2.19. The van der Waals surface area contributed by atoms with Crippen molar-refractivity contribution < 1.29 is 5.11 Å². The van der Waals surface area contributed by atoms with Crippen molar-refractivity contribution in [2.45, 2.75) is 40.2 Å². The Morgan fingerprint density at radius 3 is 2.53 bits per heavy atom. The van der Waals surface area contributed by atoms with E-state index in [1.54, 1.807) is 0 Å². The smallest absolute Gasteiger partial charge is 0.134 e. The molecule has 0 aliphatic heterocycles. The summed E-state index contributed by atoms with van der Waals surface area (Å²) < 4.78 is 0. The first-order valence-electron chi connectivity index (χ1n) is 5.99. The van der Waals surface area contributed by atoms with Gasteiger partial charge in [-0.05, 0) is 19.8 Å². The Morgan fingerprint density at radius 1 is 1.35 bits per heavy atom. The molecule has 0 spiro atoms. The lowest BCUT2D eigenvalue weighted by molar-refractivity contribution is 0.226. The molecule has 0 fully saturated rings. The van der Waals surface area contributed by atoms with Crippen LogP contribution >= 0.6 is 0 Å². The second-order valence-corrected chi connectivity index (χ2v) is 4.45. The molecule has 1 heterocycles. The monoisotopic (exact) mass is 238 g/mol. The summed E-state index contributed by atoms with van der Waals surface area (Å²) in [4.78, 5) is 8.63. The summed E-state index contributed by atoms with van der Waals surface area (Å²) >= 11 is 0. The van der Waals surface area contributed by atoms with Gasteiger partial charge in [0.2, 0.25) is 0 Å². The van der Waals surface area contributed by atoms with E-state index in [1.807, 2.05) is 27.7 Å². The first kappa shape index (κ1) is 13.7. The van der Waals surface area contributed by atoms with E-state index in [-0.39, 0.29) is 18.6 Å². The predicted molar refractivity (Wildman–Crippen MR) is 69.9 cm³/mol. The van der Waals surface area contributed by atoms with Crippen LogP contribution in [0.15, 0.2) is 0 Å². The van der Waals surface area contributed by atoms with Gasteiger partial charge in [-0.3, -0.25) is 0 Å². The fraction of sp³-hybridized carbons (Fsp3) is 0.667. The summed E-state index contributed by atoms with van der Waals surface area (Å²) in [5, 5.41) is 12.4. The summed E-state index contributed by atoms with van der Waals surface area (Å²) in [5.74, 6) is 2.18.